The summed E-state index contributed by atoms with van der Waals surface area (Å²) in [6.45, 7) is 12.4. The highest BCUT2D eigenvalue weighted by atomic mass is 127. The molecule has 0 saturated heterocycles. The summed E-state index contributed by atoms with van der Waals surface area (Å²) in [5.41, 5.74) is -0.124. The fourth-order valence-corrected chi connectivity index (χ4v) is 3.13. The molecular weight excluding hydrogens is 483 g/mol. The second-order valence-corrected chi connectivity index (χ2v) is 9.35. The predicted molar refractivity (Wildman–Crippen MR) is 130 cm³/mol. The van der Waals surface area contributed by atoms with Crippen LogP contribution in [0, 0.1) is 11.3 Å². The van der Waals surface area contributed by atoms with E-state index in [1.165, 1.54) is 12.8 Å². The number of aliphatic imine (C=N–C) groups is 1. The lowest BCUT2D eigenvalue weighted by Gasteiger charge is -2.29. The van der Waals surface area contributed by atoms with Crippen LogP contribution in [0.25, 0.3) is 0 Å². The molecule has 1 amide bonds. The molecule has 0 radical (unpaired) electrons. The Kier molecular flexibility index (Phi) is 12.5. The van der Waals surface area contributed by atoms with Gasteiger partial charge in [0.25, 0.3) is 0 Å². The maximum Gasteiger partial charge on any atom is 0.407 e. The van der Waals surface area contributed by atoms with E-state index in [0.29, 0.717) is 11.3 Å². The van der Waals surface area contributed by atoms with E-state index in [-0.39, 0.29) is 36.1 Å². The number of alkyl carbamates (subject to hydrolysis) is 1. The SMILES string of the molecule is CN=C(NCC1(CCOC)CC1)N(C)CCC(NC(=O)OC(C)(C)C)C(C)C.I. The van der Waals surface area contributed by atoms with Crippen LogP contribution in [0.15, 0.2) is 4.99 Å². The van der Waals surface area contributed by atoms with Crippen LogP contribution in [-0.4, -0.2) is 69.5 Å². The van der Waals surface area contributed by atoms with E-state index in [1.54, 1.807) is 7.11 Å². The van der Waals surface area contributed by atoms with Crippen molar-refractivity contribution in [3.63, 3.8) is 0 Å². The minimum Gasteiger partial charge on any atom is -0.444 e. The number of ether oxygens (including phenoxy) is 2. The third-order valence-electron chi connectivity index (χ3n) is 5.27. The average Bonchev–Trinajstić information content (AvgIpc) is 3.35. The van der Waals surface area contributed by atoms with E-state index in [4.69, 9.17) is 9.47 Å². The fraction of sp³-hybridized carbons (Fsp3) is 0.905. The molecule has 1 fully saturated rings. The van der Waals surface area contributed by atoms with Crippen molar-refractivity contribution in [3.05, 3.63) is 0 Å². The zero-order valence-corrected chi connectivity index (χ0v) is 22.0. The molecule has 0 bridgehead atoms. The van der Waals surface area contributed by atoms with Crippen molar-refractivity contribution in [1.29, 1.82) is 0 Å². The Balaban J connectivity index is 0.00000784. The van der Waals surface area contributed by atoms with E-state index in [0.717, 1.165) is 38.5 Å². The highest BCUT2D eigenvalue weighted by molar-refractivity contribution is 14.0. The van der Waals surface area contributed by atoms with Crippen molar-refractivity contribution < 1.29 is 14.3 Å². The molecule has 0 heterocycles. The van der Waals surface area contributed by atoms with Crippen LogP contribution in [0.5, 0.6) is 0 Å². The molecule has 0 aromatic heterocycles. The normalized spacial score (nSPS) is 16.7. The number of carbonyl (C=O) groups excluding carboxylic acids is 1. The molecule has 2 N–H and O–H groups in total. The van der Waals surface area contributed by atoms with Gasteiger partial charge in [-0.05, 0) is 57.8 Å². The molecule has 0 aliphatic heterocycles. The third kappa shape index (κ3) is 11.3. The summed E-state index contributed by atoms with van der Waals surface area (Å²) in [4.78, 5) is 18.7. The van der Waals surface area contributed by atoms with Crippen molar-refractivity contribution >= 4 is 36.0 Å². The summed E-state index contributed by atoms with van der Waals surface area (Å²) in [6, 6.07) is 0.0480. The molecule has 172 valence electrons. The Bertz CT molecular complexity index is 517. The number of guanidine groups is 1. The van der Waals surface area contributed by atoms with Gasteiger partial charge in [-0.2, -0.15) is 0 Å². The molecular formula is C21H43IN4O3. The molecule has 7 nitrogen and oxygen atoms in total. The first-order valence-electron chi connectivity index (χ1n) is 10.4. The Morgan fingerprint density at radius 3 is 2.34 bits per heavy atom. The van der Waals surface area contributed by atoms with Gasteiger partial charge in [0.1, 0.15) is 5.60 Å². The van der Waals surface area contributed by atoms with Crippen LogP contribution in [-0.2, 0) is 9.47 Å². The molecule has 1 rings (SSSR count). The van der Waals surface area contributed by atoms with Crippen molar-refractivity contribution in [1.82, 2.24) is 15.5 Å². The van der Waals surface area contributed by atoms with Crippen LogP contribution < -0.4 is 10.6 Å². The van der Waals surface area contributed by atoms with Crippen LogP contribution in [0.3, 0.4) is 0 Å². The second kappa shape index (κ2) is 12.8. The van der Waals surface area contributed by atoms with Crippen LogP contribution in [0.1, 0.15) is 60.3 Å². The number of methoxy groups -OCH3 is 1. The van der Waals surface area contributed by atoms with Gasteiger partial charge >= 0.3 is 6.09 Å². The lowest BCUT2D eigenvalue weighted by molar-refractivity contribution is 0.0485. The van der Waals surface area contributed by atoms with Crippen molar-refractivity contribution in [2.45, 2.75) is 71.9 Å². The van der Waals surface area contributed by atoms with Gasteiger partial charge in [-0.3, -0.25) is 4.99 Å². The number of nitrogens with one attached hydrogen (secondary N) is 2. The van der Waals surface area contributed by atoms with Gasteiger partial charge in [0, 0.05) is 46.9 Å². The maximum atomic E-state index is 12.1. The first-order valence-corrected chi connectivity index (χ1v) is 10.4. The first-order chi connectivity index (χ1) is 13.0. The minimum absolute atomic E-state index is 0. The first kappa shape index (κ1) is 28.2. The summed E-state index contributed by atoms with van der Waals surface area (Å²) in [7, 11) is 5.61. The molecule has 0 spiro atoms. The average molecular weight is 527 g/mol. The largest absolute Gasteiger partial charge is 0.444 e. The Morgan fingerprint density at radius 1 is 1.28 bits per heavy atom. The quantitative estimate of drug-likeness (QED) is 0.257. The van der Waals surface area contributed by atoms with E-state index in [2.05, 4.69) is 34.4 Å². The number of hydrogen-bond acceptors (Lipinski definition) is 4. The van der Waals surface area contributed by atoms with Crippen molar-refractivity contribution in [2.24, 2.45) is 16.3 Å². The zero-order valence-electron chi connectivity index (χ0n) is 19.6. The minimum atomic E-state index is -0.490. The Morgan fingerprint density at radius 2 is 1.90 bits per heavy atom. The molecule has 1 saturated carbocycles. The number of nitrogens with zero attached hydrogens (tertiary/aromatic N) is 2. The topological polar surface area (TPSA) is 75.2 Å². The molecule has 0 aromatic carbocycles. The van der Waals surface area contributed by atoms with Gasteiger partial charge in [-0.1, -0.05) is 13.8 Å². The lowest BCUT2D eigenvalue weighted by Crippen LogP contribution is -2.46. The van der Waals surface area contributed by atoms with Gasteiger partial charge in [0.2, 0.25) is 0 Å². The summed E-state index contributed by atoms with van der Waals surface area (Å²) in [6.07, 6.45) is 4.05. The second-order valence-electron chi connectivity index (χ2n) is 9.35. The van der Waals surface area contributed by atoms with E-state index >= 15 is 0 Å². The third-order valence-corrected chi connectivity index (χ3v) is 5.27. The summed E-state index contributed by atoms with van der Waals surface area (Å²) in [5, 5.41) is 6.53. The smallest absolute Gasteiger partial charge is 0.407 e. The van der Waals surface area contributed by atoms with Crippen LogP contribution in [0.2, 0.25) is 0 Å². The number of amides is 1. The van der Waals surface area contributed by atoms with E-state index in [9.17, 15) is 4.79 Å². The standard InChI is InChI=1S/C21H42N4O3.HI/c1-16(2)17(24-19(26)28-20(3,4)5)9-13-25(7)18(22-6)23-15-21(10-11-21)12-14-27-8;/h16-17H,9-15H2,1-8H3,(H,22,23)(H,24,26);1H. The van der Waals surface area contributed by atoms with Gasteiger partial charge in [0.15, 0.2) is 5.96 Å². The van der Waals surface area contributed by atoms with Crippen LogP contribution in [0.4, 0.5) is 4.79 Å². The molecule has 1 aliphatic carbocycles. The monoisotopic (exact) mass is 526 g/mol. The summed E-state index contributed by atoms with van der Waals surface area (Å²) in [5.74, 6) is 1.21. The Hall–Kier alpha value is -0.770. The van der Waals surface area contributed by atoms with Gasteiger partial charge in [-0.25, -0.2) is 4.79 Å². The van der Waals surface area contributed by atoms with Crippen LogP contribution >= 0.6 is 24.0 Å². The number of halogens is 1. The molecule has 29 heavy (non-hydrogen) atoms. The summed E-state index contributed by atoms with van der Waals surface area (Å²) < 4.78 is 10.6. The number of carbonyl (C=O) groups is 1. The molecule has 1 unspecified atom stereocenters. The molecule has 1 aliphatic rings. The van der Waals surface area contributed by atoms with Crippen molar-refractivity contribution in [2.75, 3.05) is 40.9 Å². The number of rotatable bonds is 10. The molecule has 0 aromatic rings. The van der Waals surface area contributed by atoms with E-state index < -0.39 is 5.60 Å². The van der Waals surface area contributed by atoms with E-state index in [1.807, 2.05) is 34.9 Å². The fourth-order valence-electron chi connectivity index (χ4n) is 3.13. The predicted octanol–water partition coefficient (Wildman–Crippen LogP) is 3.87. The van der Waals surface area contributed by atoms with Gasteiger partial charge in [-0.15, -0.1) is 24.0 Å². The summed E-state index contributed by atoms with van der Waals surface area (Å²) >= 11 is 0. The lowest BCUT2D eigenvalue weighted by atomic mass is 10.0. The van der Waals surface area contributed by atoms with Gasteiger partial charge in [0.05, 0.1) is 0 Å². The Labute approximate surface area is 194 Å². The molecule has 8 heteroatoms. The highest BCUT2D eigenvalue weighted by Crippen LogP contribution is 2.48. The highest BCUT2D eigenvalue weighted by Gasteiger charge is 2.42. The van der Waals surface area contributed by atoms with Gasteiger partial charge < -0.3 is 25.0 Å². The maximum absolute atomic E-state index is 12.1. The molecule has 1 atom stereocenters. The van der Waals surface area contributed by atoms with Crippen molar-refractivity contribution in [3.8, 4) is 0 Å². The zero-order chi connectivity index (χ0) is 21.4. The number of hydrogen-bond donors (Lipinski definition) is 2.